The molecule has 1 saturated carbocycles. The molecule has 0 aliphatic heterocycles. The van der Waals surface area contributed by atoms with Crippen molar-refractivity contribution in [3.8, 4) is 0 Å². The summed E-state index contributed by atoms with van der Waals surface area (Å²) in [7, 11) is 0. The predicted molar refractivity (Wildman–Crippen MR) is 74.0 cm³/mol. The lowest BCUT2D eigenvalue weighted by Gasteiger charge is -2.32. The molecule has 0 radical (unpaired) electrons. The first-order valence-corrected chi connectivity index (χ1v) is 7.11. The van der Waals surface area contributed by atoms with Crippen LogP contribution in [0.4, 0.5) is 0 Å². The summed E-state index contributed by atoms with van der Waals surface area (Å²) in [6.07, 6.45) is 7.71. The second kappa shape index (κ2) is 6.20. The molecule has 1 aromatic rings. The molecule has 2 N–H and O–H groups in total. The van der Waals surface area contributed by atoms with Crippen LogP contribution < -0.4 is 5.73 Å². The molecule has 1 aromatic carbocycles. The molecule has 1 fully saturated rings. The van der Waals surface area contributed by atoms with Gasteiger partial charge in [-0.15, -0.1) is 0 Å². The zero-order chi connectivity index (χ0) is 12.1. The Morgan fingerprint density at radius 1 is 1.12 bits per heavy atom. The van der Waals surface area contributed by atoms with E-state index < -0.39 is 0 Å². The summed E-state index contributed by atoms with van der Waals surface area (Å²) in [6, 6.07) is 11.4. The number of benzene rings is 1. The van der Waals surface area contributed by atoms with Crippen LogP contribution in [0.5, 0.6) is 0 Å². The van der Waals surface area contributed by atoms with Crippen LogP contribution >= 0.6 is 0 Å². The second-order valence-electron chi connectivity index (χ2n) is 5.47. The van der Waals surface area contributed by atoms with E-state index in [2.05, 4.69) is 37.3 Å². The van der Waals surface area contributed by atoms with Crippen molar-refractivity contribution in [1.82, 2.24) is 0 Å². The topological polar surface area (TPSA) is 26.0 Å². The molecular weight excluding hydrogens is 206 g/mol. The van der Waals surface area contributed by atoms with Gasteiger partial charge in [0, 0.05) is 6.04 Å². The largest absolute Gasteiger partial charge is 0.327 e. The van der Waals surface area contributed by atoms with E-state index in [1.165, 1.54) is 44.1 Å². The number of nitrogens with two attached hydrogens (primary N) is 1. The van der Waals surface area contributed by atoms with Gasteiger partial charge in [0.25, 0.3) is 0 Å². The van der Waals surface area contributed by atoms with E-state index in [4.69, 9.17) is 5.73 Å². The van der Waals surface area contributed by atoms with E-state index in [1.807, 2.05) is 0 Å². The Morgan fingerprint density at radius 3 is 2.35 bits per heavy atom. The van der Waals surface area contributed by atoms with Crippen molar-refractivity contribution in [3.05, 3.63) is 35.9 Å². The summed E-state index contributed by atoms with van der Waals surface area (Å²) in [5, 5.41) is 0. The van der Waals surface area contributed by atoms with Crippen LogP contribution in [0.25, 0.3) is 0 Å². The second-order valence-corrected chi connectivity index (χ2v) is 5.47. The van der Waals surface area contributed by atoms with Crippen LogP contribution in [0.1, 0.15) is 56.9 Å². The average molecular weight is 231 g/mol. The maximum atomic E-state index is 6.24. The van der Waals surface area contributed by atoms with E-state index in [0.717, 1.165) is 11.8 Å². The van der Waals surface area contributed by atoms with Crippen molar-refractivity contribution < 1.29 is 0 Å². The van der Waals surface area contributed by atoms with Gasteiger partial charge in [0.15, 0.2) is 0 Å². The molecule has 0 bridgehead atoms. The predicted octanol–water partition coefficient (Wildman–Crippen LogP) is 4.09. The Bertz CT molecular complexity index is 312. The third-order valence-electron chi connectivity index (χ3n) is 4.27. The third kappa shape index (κ3) is 3.32. The van der Waals surface area contributed by atoms with Crippen LogP contribution in [-0.4, -0.2) is 6.04 Å². The highest BCUT2D eigenvalue weighted by Crippen LogP contribution is 2.37. The molecular formula is C16H25N. The molecule has 1 heteroatoms. The van der Waals surface area contributed by atoms with Gasteiger partial charge in [0.1, 0.15) is 0 Å². The molecule has 94 valence electrons. The first kappa shape index (κ1) is 12.6. The fourth-order valence-corrected chi connectivity index (χ4v) is 3.17. The highest BCUT2D eigenvalue weighted by molar-refractivity contribution is 5.19. The van der Waals surface area contributed by atoms with Crippen molar-refractivity contribution in [3.63, 3.8) is 0 Å². The van der Waals surface area contributed by atoms with Gasteiger partial charge in [-0.1, -0.05) is 43.7 Å². The van der Waals surface area contributed by atoms with Crippen molar-refractivity contribution in [2.45, 2.75) is 57.4 Å². The van der Waals surface area contributed by atoms with E-state index in [1.54, 1.807) is 0 Å². The first-order chi connectivity index (χ1) is 8.31. The Balaban J connectivity index is 1.86. The summed E-state index contributed by atoms with van der Waals surface area (Å²) in [6.45, 7) is 2.23. The number of hydrogen-bond donors (Lipinski definition) is 1. The summed E-state index contributed by atoms with van der Waals surface area (Å²) in [5.74, 6) is 1.55. The molecule has 17 heavy (non-hydrogen) atoms. The molecule has 0 saturated heterocycles. The van der Waals surface area contributed by atoms with Gasteiger partial charge >= 0.3 is 0 Å². The van der Waals surface area contributed by atoms with E-state index in [0.29, 0.717) is 6.04 Å². The molecule has 0 spiro atoms. The van der Waals surface area contributed by atoms with Crippen molar-refractivity contribution in [1.29, 1.82) is 0 Å². The highest BCUT2D eigenvalue weighted by atomic mass is 14.6. The zero-order valence-electron chi connectivity index (χ0n) is 10.9. The molecule has 1 aliphatic rings. The average Bonchev–Trinajstić information content (AvgIpc) is 2.40. The minimum Gasteiger partial charge on any atom is -0.327 e. The monoisotopic (exact) mass is 231 g/mol. The fourth-order valence-electron chi connectivity index (χ4n) is 3.17. The Morgan fingerprint density at radius 2 is 1.76 bits per heavy atom. The molecule has 1 atom stereocenters. The van der Waals surface area contributed by atoms with Crippen molar-refractivity contribution in [2.75, 3.05) is 0 Å². The van der Waals surface area contributed by atoms with Crippen molar-refractivity contribution in [2.24, 2.45) is 11.7 Å². The molecule has 1 nitrogen and oxygen atoms in total. The maximum Gasteiger partial charge on any atom is 0.00670 e. The zero-order valence-corrected chi connectivity index (χ0v) is 10.9. The van der Waals surface area contributed by atoms with Gasteiger partial charge in [-0.3, -0.25) is 0 Å². The summed E-state index contributed by atoms with van der Waals surface area (Å²) >= 11 is 0. The Kier molecular flexibility index (Phi) is 4.61. The van der Waals surface area contributed by atoms with E-state index in [-0.39, 0.29) is 0 Å². The lowest BCUT2D eigenvalue weighted by atomic mass is 9.75. The summed E-state index contributed by atoms with van der Waals surface area (Å²) in [5.41, 5.74) is 7.77. The lowest BCUT2D eigenvalue weighted by Crippen LogP contribution is -2.32. The van der Waals surface area contributed by atoms with Crippen LogP contribution in [0, 0.1) is 5.92 Å². The molecule has 1 aliphatic carbocycles. The van der Waals surface area contributed by atoms with Gasteiger partial charge in [0.05, 0.1) is 0 Å². The molecule has 0 heterocycles. The molecule has 0 aromatic heterocycles. The highest BCUT2D eigenvalue weighted by Gasteiger charge is 2.25. The van der Waals surface area contributed by atoms with Crippen LogP contribution in [0.3, 0.4) is 0 Å². The van der Waals surface area contributed by atoms with Gasteiger partial charge in [-0.25, -0.2) is 0 Å². The minimum atomic E-state index is 0.441. The molecule has 0 amide bonds. The van der Waals surface area contributed by atoms with Crippen LogP contribution in [-0.2, 0) is 0 Å². The standard InChI is InChI=1S/C16H25N/c1-2-6-16(17)15-11-9-14(10-12-15)13-7-4-3-5-8-13/h3-5,7-8,14-16H,2,6,9-12,17H2,1H3. The fraction of sp³-hybridized carbons (Fsp3) is 0.625. The lowest BCUT2D eigenvalue weighted by molar-refractivity contribution is 0.272. The number of hydrogen-bond acceptors (Lipinski definition) is 1. The van der Waals surface area contributed by atoms with Gasteiger partial charge in [-0.05, 0) is 49.5 Å². The Hall–Kier alpha value is -0.820. The van der Waals surface area contributed by atoms with Crippen molar-refractivity contribution >= 4 is 0 Å². The molecule has 1 unspecified atom stereocenters. The smallest absolute Gasteiger partial charge is 0.00670 e. The summed E-state index contributed by atoms with van der Waals surface area (Å²) in [4.78, 5) is 0. The van der Waals surface area contributed by atoms with Crippen LogP contribution in [0.2, 0.25) is 0 Å². The quantitative estimate of drug-likeness (QED) is 0.830. The first-order valence-electron chi connectivity index (χ1n) is 7.11. The normalized spacial score (nSPS) is 26.7. The third-order valence-corrected chi connectivity index (χ3v) is 4.27. The summed E-state index contributed by atoms with van der Waals surface area (Å²) < 4.78 is 0. The SMILES string of the molecule is CCCC(N)C1CCC(c2ccccc2)CC1. The van der Waals surface area contributed by atoms with Gasteiger partial charge in [0.2, 0.25) is 0 Å². The van der Waals surface area contributed by atoms with E-state index in [9.17, 15) is 0 Å². The van der Waals surface area contributed by atoms with E-state index >= 15 is 0 Å². The number of rotatable bonds is 4. The van der Waals surface area contributed by atoms with Crippen LogP contribution in [0.15, 0.2) is 30.3 Å². The van der Waals surface area contributed by atoms with Gasteiger partial charge < -0.3 is 5.73 Å². The van der Waals surface area contributed by atoms with Gasteiger partial charge in [-0.2, -0.15) is 0 Å². The Labute approximate surface area is 105 Å². The minimum absolute atomic E-state index is 0.441. The molecule has 2 rings (SSSR count). The maximum absolute atomic E-state index is 6.24.